The molecule has 0 saturated carbocycles. The highest BCUT2D eigenvalue weighted by atomic mass is 35.5. The van der Waals surface area contributed by atoms with Crippen LogP contribution in [0.3, 0.4) is 0 Å². The third-order valence-electron chi connectivity index (χ3n) is 4.02. The Morgan fingerprint density at radius 3 is 2.57 bits per heavy atom. The van der Waals surface area contributed by atoms with Crippen LogP contribution in [-0.2, 0) is 16.1 Å². The lowest BCUT2D eigenvalue weighted by Crippen LogP contribution is -2.43. The van der Waals surface area contributed by atoms with Crippen molar-refractivity contribution in [3.63, 3.8) is 0 Å². The number of carbonyl (C=O) groups excluding carboxylic acids is 1. The fourth-order valence-corrected chi connectivity index (χ4v) is 2.89. The number of fused-ring (bicyclic) bond motifs is 1. The van der Waals surface area contributed by atoms with Crippen LogP contribution in [0.2, 0.25) is 0 Å². The van der Waals surface area contributed by atoms with E-state index in [1.807, 2.05) is 52.0 Å². The van der Waals surface area contributed by atoms with Crippen molar-refractivity contribution in [3.8, 4) is 5.75 Å². The second kappa shape index (κ2) is 11.9. The molecule has 2 N–H and O–H groups in total. The Bertz CT molecular complexity index is 744. The van der Waals surface area contributed by atoms with Crippen molar-refractivity contribution in [3.05, 3.63) is 42.0 Å². The minimum absolute atomic E-state index is 0. The molecule has 6 heteroatoms. The first kappa shape index (κ1) is 24.2. The van der Waals surface area contributed by atoms with E-state index in [2.05, 4.69) is 22.8 Å². The Balaban J connectivity index is 0.00000392. The molecule has 0 aliphatic carbocycles. The molecule has 1 amide bonds. The smallest absolute Gasteiger partial charge is 0.258 e. The van der Waals surface area contributed by atoms with Gasteiger partial charge in [0.2, 0.25) is 0 Å². The molecule has 2 aromatic carbocycles. The highest BCUT2D eigenvalue weighted by Crippen LogP contribution is 2.28. The molecule has 0 atom stereocenters. The van der Waals surface area contributed by atoms with Gasteiger partial charge in [0.05, 0.1) is 0 Å². The van der Waals surface area contributed by atoms with E-state index < -0.39 is 0 Å². The lowest BCUT2D eigenvalue weighted by molar-refractivity contribution is -0.124. The van der Waals surface area contributed by atoms with Crippen LogP contribution in [0.5, 0.6) is 5.75 Å². The fourth-order valence-electron chi connectivity index (χ4n) is 2.89. The quantitative estimate of drug-likeness (QED) is 0.582. The van der Waals surface area contributed by atoms with Gasteiger partial charge in [0.1, 0.15) is 5.75 Å². The Morgan fingerprint density at radius 1 is 1.11 bits per heavy atom. The molecule has 0 aliphatic rings. The van der Waals surface area contributed by atoms with E-state index in [0.717, 1.165) is 48.3 Å². The van der Waals surface area contributed by atoms with Crippen molar-refractivity contribution in [2.75, 3.05) is 26.4 Å². The molecule has 5 nitrogen and oxygen atoms in total. The number of benzene rings is 2. The third-order valence-corrected chi connectivity index (χ3v) is 4.02. The zero-order chi connectivity index (χ0) is 19.7. The van der Waals surface area contributed by atoms with Crippen LogP contribution in [0.25, 0.3) is 10.8 Å². The molecule has 2 rings (SSSR count). The van der Waals surface area contributed by atoms with Crippen LogP contribution < -0.4 is 15.4 Å². The summed E-state index contributed by atoms with van der Waals surface area (Å²) < 4.78 is 11.2. The molecule has 0 bridgehead atoms. The van der Waals surface area contributed by atoms with E-state index in [0.29, 0.717) is 6.54 Å². The number of ether oxygens (including phenoxy) is 2. The maximum absolute atomic E-state index is 12.1. The van der Waals surface area contributed by atoms with Gasteiger partial charge >= 0.3 is 0 Å². The summed E-state index contributed by atoms with van der Waals surface area (Å²) in [6.45, 7) is 10.9. The summed E-state index contributed by atoms with van der Waals surface area (Å²) >= 11 is 0. The number of carbonyl (C=O) groups is 1. The summed E-state index contributed by atoms with van der Waals surface area (Å²) in [5, 5.41) is 8.69. The largest absolute Gasteiger partial charge is 0.483 e. The zero-order valence-electron chi connectivity index (χ0n) is 17.3. The number of nitrogens with one attached hydrogen (secondary N) is 2. The molecule has 0 radical (unpaired) electrons. The second-order valence-electron chi connectivity index (χ2n) is 7.58. The van der Waals surface area contributed by atoms with Crippen LogP contribution in [0.15, 0.2) is 36.4 Å². The zero-order valence-corrected chi connectivity index (χ0v) is 18.2. The van der Waals surface area contributed by atoms with Crippen molar-refractivity contribution < 1.29 is 14.3 Å². The average Bonchev–Trinajstić information content (AvgIpc) is 2.62. The third kappa shape index (κ3) is 8.05. The molecule has 0 spiro atoms. The topological polar surface area (TPSA) is 59.6 Å². The normalized spacial score (nSPS) is 11.1. The van der Waals surface area contributed by atoms with Crippen molar-refractivity contribution in [2.45, 2.75) is 46.2 Å². The van der Waals surface area contributed by atoms with Gasteiger partial charge in [-0.2, -0.15) is 0 Å². The van der Waals surface area contributed by atoms with E-state index >= 15 is 0 Å². The summed E-state index contributed by atoms with van der Waals surface area (Å²) in [5.41, 5.74) is 0.808. The molecule has 0 fully saturated rings. The number of rotatable bonds is 10. The van der Waals surface area contributed by atoms with E-state index in [4.69, 9.17) is 9.47 Å². The minimum atomic E-state index is -0.269. The van der Waals surface area contributed by atoms with Crippen molar-refractivity contribution >= 4 is 29.1 Å². The predicted octanol–water partition coefficient (Wildman–Crippen LogP) is 4.07. The van der Waals surface area contributed by atoms with Crippen molar-refractivity contribution in [1.82, 2.24) is 10.6 Å². The summed E-state index contributed by atoms with van der Waals surface area (Å²) in [6.07, 6.45) is 0.961. The second-order valence-corrected chi connectivity index (χ2v) is 7.58. The van der Waals surface area contributed by atoms with E-state index in [1.54, 1.807) is 0 Å². The summed E-state index contributed by atoms with van der Waals surface area (Å²) in [5.74, 6) is 0.626. The van der Waals surface area contributed by atoms with Gasteiger partial charge in [0.15, 0.2) is 6.61 Å². The van der Waals surface area contributed by atoms with Crippen LogP contribution in [-0.4, -0.2) is 37.8 Å². The van der Waals surface area contributed by atoms with E-state index in [-0.39, 0.29) is 30.5 Å². The first-order chi connectivity index (χ1) is 12.9. The Labute approximate surface area is 174 Å². The SMILES string of the molecule is CCOCCCNCc1c(OCC(=O)NC(C)(C)C)ccc2ccccc12.Cl. The Kier molecular flexibility index (Phi) is 10.3. The first-order valence-corrected chi connectivity index (χ1v) is 9.63. The predicted molar refractivity (Wildman–Crippen MR) is 117 cm³/mol. The van der Waals surface area contributed by atoms with Gasteiger partial charge in [-0.1, -0.05) is 30.3 Å². The fraction of sp³-hybridized carbons (Fsp3) is 0.500. The Hall–Kier alpha value is -1.82. The van der Waals surface area contributed by atoms with Gasteiger partial charge in [-0.25, -0.2) is 0 Å². The highest BCUT2D eigenvalue weighted by molar-refractivity contribution is 5.88. The molecular weight excluding hydrogens is 376 g/mol. The van der Waals surface area contributed by atoms with Crippen LogP contribution in [0.4, 0.5) is 0 Å². The molecule has 156 valence electrons. The van der Waals surface area contributed by atoms with Gasteiger partial charge in [-0.05, 0) is 57.5 Å². The van der Waals surface area contributed by atoms with Crippen molar-refractivity contribution in [1.29, 1.82) is 0 Å². The molecular formula is C22H33ClN2O3. The van der Waals surface area contributed by atoms with Crippen LogP contribution in [0, 0.1) is 0 Å². The first-order valence-electron chi connectivity index (χ1n) is 9.63. The number of amides is 1. The van der Waals surface area contributed by atoms with Crippen LogP contribution in [0.1, 0.15) is 39.7 Å². The lowest BCUT2D eigenvalue weighted by Gasteiger charge is -2.21. The monoisotopic (exact) mass is 408 g/mol. The maximum atomic E-state index is 12.1. The number of hydrogen-bond acceptors (Lipinski definition) is 4. The van der Waals surface area contributed by atoms with E-state index in [1.165, 1.54) is 0 Å². The molecule has 28 heavy (non-hydrogen) atoms. The summed E-state index contributed by atoms with van der Waals surface area (Å²) in [6, 6.07) is 12.2. The van der Waals surface area contributed by atoms with Gasteiger partial charge in [0.25, 0.3) is 5.91 Å². The molecule has 0 heterocycles. The Morgan fingerprint density at radius 2 is 1.86 bits per heavy atom. The molecule has 0 aliphatic heterocycles. The van der Waals surface area contributed by atoms with Gasteiger partial charge in [0, 0.05) is 30.9 Å². The van der Waals surface area contributed by atoms with Gasteiger partial charge in [-0.15, -0.1) is 12.4 Å². The molecule has 0 aromatic heterocycles. The number of hydrogen-bond donors (Lipinski definition) is 2. The van der Waals surface area contributed by atoms with Crippen LogP contribution >= 0.6 is 12.4 Å². The molecule has 0 saturated heterocycles. The van der Waals surface area contributed by atoms with Gasteiger partial charge < -0.3 is 20.1 Å². The molecule has 2 aromatic rings. The minimum Gasteiger partial charge on any atom is -0.483 e. The number of halogens is 1. The summed E-state index contributed by atoms with van der Waals surface area (Å²) in [7, 11) is 0. The van der Waals surface area contributed by atoms with Crippen molar-refractivity contribution in [2.24, 2.45) is 0 Å². The van der Waals surface area contributed by atoms with Gasteiger partial charge in [-0.3, -0.25) is 4.79 Å². The highest BCUT2D eigenvalue weighted by Gasteiger charge is 2.15. The maximum Gasteiger partial charge on any atom is 0.258 e. The van der Waals surface area contributed by atoms with E-state index in [9.17, 15) is 4.79 Å². The lowest BCUT2D eigenvalue weighted by atomic mass is 10.0. The average molecular weight is 409 g/mol. The standard InChI is InChI=1S/C22H32N2O3.ClH/c1-5-26-14-8-13-23-15-19-18-10-7-6-9-17(18)11-12-20(19)27-16-21(25)24-22(2,3)4;/h6-7,9-12,23H,5,8,13-16H2,1-4H3,(H,24,25);1H. The molecule has 0 unspecified atom stereocenters. The summed E-state index contributed by atoms with van der Waals surface area (Å²) in [4.78, 5) is 12.1.